The summed E-state index contributed by atoms with van der Waals surface area (Å²) in [6.07, 6.45) is 11.9. The molecule has 1 saturated carbocycles. The molecular formula is C14H26N4. The van der Waals surface area contributed by atoms with Gasteiger partial charge in [-0.15, -0.1) is 0 Å². The maximum Gasteiger partial charge on any atom is 0.202 e. The van der Waals surface area contributed by atoms with Gasteiger partial charge in [-0.3, -0.25) is 0 Å². The van der Waals surface area contributed by atoms with Crippen LogP contribution in [0.25, 0.3) is 0 Å². The van der Waals surface area contributed by atoms with Gasteiger partial charge in [-0.05, 0) is 39.9 Å². The standard InChI is InChI=1S/C14H26N4/c1-17(2)10-6-11-18-12-9-15-14(18)16-13-7-4-3-5-8-13/h9,12-13H,3-8,10-11H2,1-2H3,(H,15,16). The molecule has 102 valence electrons. The zero-order chi connectivity index (χ0) is 12.8. The van der Waals surface area contributed by atoms with Gasteiger partial charge in [-0.25, -0.2) is 4.98 Å². The summed E-state index contributed by atoms with van der Waals surface area (Å²) in [6, 6.07) is 0.633. The Labute approximate surface area is 110 Å². The number of hydrogen-bond donors (Lipinski definition) is 1. The SMILES string of the molecule is CN(C)CCCn1ccnc1NC1CCCCC1. The molecule has 0 spiro atoms. The topological polar surface area (TPSA) is 33.1 Å². The number of nitrogens with one attached hydrogen (secondary N) is 1. The molecule has 1 aliphatic rings. The number of aromatic nitrogens is 2. The molecule has 1 heterocycles. The molecule has 1 aromatic rings. The number of aryl methyl sites for hydroxylation is 1. The third-order valence-corrected chi connectivity index (χ3v) is 3.66. The van der Waals surface area contributed by atoms with Crippen molar-refractivity contribution in [3.8, 4) is 0 Å². The molecule has 0 amide bonds. The fraction of sp³-hybridized carbons (Fsp3) is 0.786. The summed E-state index contributed by atoms with van der Waals surface area (Å²) >= 11 is 0. The van der Waals surface area contributed by atoms with Gasteiger partial charge in [-0.2, -0.15) is 0 Å². The molecule has 4 heteroatoms. The first-order valence-electron chi connectivity index (χ1n) is 7.18. The summed E-state index contributed by atoms with van der Waals surface area (Å²) in [5.74, 6) is 1.06. The second kappa shape index (κ2) is 6.78. The van der Waals surface area contributed by atoms with Gasteiger partial charge < -0.3 is 14.8 Å². The summed E-state index contributed by atoms with van der Waals surface area (Å²) in [4.78, 5) is 6.67. The Morgan fingerprint density at radius 3 is 2.83 bits per heavy atom. The second-order valence-electron chi connectivity index (χ2n) is 5.58. The predicted molar refractivity (Wildman–Crippen MR) is 75.9 cm³/mol. The molecule has 1 N–H and O–H groups in total. The molecule has 0 aliphatic heterocycles. The Morgan fingerprint density at radius 2 is 2.11 bits per heavy atom. The highest BCUT2D eigenvalue weighted by molar-refractivity contribution is 5.27. The van der Waals surface area contributed by atoms with E-state index in [9.17, 15) is 0 Å². The number of nitrogens with zero attached hydrogens (tertiary/aromatic N) is 3. The molecule has 0 unspecified atom stereocenters. The molecule has 2 rings (SSSR count). The van der Waals surface area contributed by atoms with E-state index in [1.807, 2.05) is 6.20 Å². The lowest BCUT2D eigenvalue weighted by Crippen LogP contribution is -2.24. The van der Waals surface area contributed by atoms with E-state index in [2.05, 4.69) is 40.1 Å². The van der Waals surface area contributed by atoms with Crippen molar-refractivity contribution in [2.24, 2.45) is 0 Å². The lowest BCUT2D eigenvalue weighted by atomic mass is 9.96. The summed E-state index contributed by atoms with van der Waals surface area (Å²) in [7, 11) is 4.24. The van der Waals surface area contributed by atoms with Gasteiger partial charge in [-0.1, -0.05) is 19.3 Å². The van der Waals surface area contributed by atoms with E-state index in [0.717, 1.165) is 19.0 Å². The summed E-state index contributed by atoms with van der Waals surface area (Å²) < 4.78 is 2.25. The molecule has 0 aromatic carbocycles. The lowest BCUT2D eigenvalue weighted by molar-refractivity contribution is 0.386. The molecule has 0 saturated heterocycles. The Morgan fingerprint density at radius 1 is 1.33 bits per heavy atom. The van der Waals surface area contributed by atoms with Gasteiger partial charge in [0.1, 0.15) is 0 Å². The number of hydrogen-bond acceptors (Lipinski definition) is 3. The predicted octanol–water partition coefficient (Wildman–Crippen LogP) is 2.58. The van der Waals surface area contributed by atoms with Gasteiger partial charge >= 0.3 is 0 Å². The maximum absolute atomic E-state index is 4.45. The molecule has 1 fully saturated rings. The third kappa shape index (κ3) is 4.02. The minimum Gasteiger partial charge on any atom is -0.353 e. The van der Waals surface area contributed by atoms with Crippen LogP contribution in [0.3, 0.4) is 0 Å². The van der Waals surface area contributed by atoms with Crippen LogP contribution < -0.4 is 5.32 Å². The van der Waals surface area contributed by atoms with E-state index < -0.39 is 0 Å². The van der Waals surface area contributed by atoms with Crippen molar-refractivity contribution >= 4 is 5.95 Å². The van der Waals surface area contributed by atoms with Crippen LogP contribution in [-0.4, -0.2) is 41.1 Å². The molecule has 4 nitrogen and oxygen atoms in total. The smallest absolute Gasteiger partial charge is 0.202 e. The fourth-order valence-corrected chi connectivity index (χ4v) is 2.62. The van der Waals surface area contributed by atoms with Crippen LogP contribution in [0.4, 0.5) is 5.95 Å². The minimum absolute atomic E-state index is 0.633. The van der Waals surface area contributed by atoms with Gasteiger partial charge in [0.05, 0.1) is 0 Å². The quantitative estimate of drug-likeness (QED) is 0.842. The van der Waals surface area contributed by atoms with Crippen LogP contribution in [0.15, 0.2) is 12.4 Å². The molecular weight excluding hydrogens is 224 g/mol. The van der Waals surface area contributed by atoms with E-state index in [0.29, 0.717) is 6.04 Å². The molecule has 0 bridgehead atoms. The van der Waals surface area contributed by atoms with Crippen molar-refractivity contribution < 1.29 is 0 Å². The number of anilines is 1. The molecule has 1 aliphatic carbocycles. The highest BCUT2D eigenvalue weighted by atomic mass is 15.2. The van der Waals surface area contributed by atoms with Crippen molar-refractivity contribution in [2.45, 2.75) is 51.1 Å². The van der Waals surface area contributed by atoms with E-state index >= 15 is 0 Å². The maximum atomic E-state index is 4.45. The van der Waals surface area contributed by atoms with Crippen molar-refractivity contribution in [2.75, 3.05) is 26.0 Å². The van der Waals surface area contributed by atoms with E-state index in [4.69, 9.17) is 0 Å². The van der Waals surface area contributed by atoms with Crippen molar-refractivity contribution in [3.63, 3.8) is 0 Å². The van der Waals surface area contributed by atoms with Crippen LogP contribution in [0.2, 0.25) is 0 Å². The third-order valence-electron chi connectivity index (χ3n) is 3.66. The van der Waals surface area contributed by atoms with Crippen LogP contribution in [0.1, 0.15) is 38.5 Å². The minimum atomic E-state index is 0.633. The van der Waals surface area contributed by atoms with Crippen LogP contribution >= 0.6 is 0 Å². The lowest BCUT2D eigenvalue weighted by Gasteiger charge is -2.23. The first-order valence-corrected chi connectivity index (χ1v) is 7.18. The van der Waals surface area contributed by atoms with Crippen LogP contribution in [-0.2, 0) is 6.54 Å². The van der Waals surface area contributed by atoms with Crippen molar-refractivity contribution in [1.29, 1.82) is 0 Å². The zero-order valence-electron chi connectivity index (χ0n) is 11.7. The zero-order valence-corrected chi connectivity index (χ0v) is 11.7. The highest BCUT2D eigenvalue weighted by Crippen LogP contribution is 2.20. The van der Waals surface area contributed by atoms with E-state index in [1.165, 1.54) is 38.5 Å². The largest absolute Gasteiger partial charge is 0.353 e. The average molecular weight is 250 g/mol. The van der Waals surface area contributed by atoms with E-state index in [1.54, 1.807) is 0 Å². The van der Waals surface area contributed by atoms with Crippen LogP contribution in [0, 0.1) is 0 Å². The Balaban J connectivity index is 1.82. The van der Waals surface area contributed by atoms with Gasteiger partial charge in [0.2, 0.25) is 5.95 Å². The second-order valence-corrected chi connectivity index (χ2v) is 5.58. The molecule has 1 aromatic heterocycles. The van der Waals surface area contributed by atoms with Gasteiger partial charge in [0, 0.05) is 25.0 Å². The Bertz CT molecular complexity index is 339. The Hall–Kier alpha value is -1.03. The first-order chi connectivity index (χ1) is 8.75. The first kappa shape index (κ1) is 13.4. The van der Waals surface area contributed by atoms with Gasteiger partial charge in [0.25, 0.3) is 0 Å². The number of imidazole rings is 1. The molecule has 0 radical (unpaired) electrons. The summed E-state index contributed by atoms with van der Waals surface area (Å²) in [6.45, 7) is 2.17. The normalized spacial score (nSPS) is 17.3. The van der Waals surface area contributed by atoms with Crippen molar-refractivity contribution in [3.05, 3.63) is 12.4 Å². The fourth-order valence-electron chi connectivity index (χ4n) is 2.62. The highest BCUT2D eigenvalue weighted by Gasteiger charge is 2.14. The average Bonchev–Trinajstić information content (AvgIpc) is 2.78. The van der Waals surface area contributed by atoms with Crippen molar-refractivity contribution in [1.82, 2.24) is 14.5 Å². The van der Waals surface area contributed by atoms with E-state index in [-0.39, 0.29) is 0 Å². The number of rotatable bonds is 6. The van der Waals surface area contributed by atoms with Crippen LogP contribution in [0.5, 0.6) is 0 Å². The summed E-state index contributed by atoms with van der Waals surface area (Å²) in [5.41, 5.74) is 0. The monoisotopic (exact) mass is 250 g/mol. The Kier molecular flexibility index (Phi) is 5.05. The summed E-state index contributed by atoms with van der Waals surface area (Å²) in [5, 5.41) is 3.61. The van der Waals surface area contributed by atoms with Gasteiger partial charge in [0.15, 0.2) is 0 Å². The molecule has 18 heavy (non-hydrogen) atoms. The molecule has 0 atom stereocenters.